The molecule has 0 saturated carbocycles. The maximum absolute atomic E-state index is 11.3. The van der Waals surface area contributed by atoms with Crippen LogP contribution in [0.4, 0.5) is 0 Å². The molecule has 0 saturated heterocycles. The second-order valence-corrected chi connectivity index (χ2v) is 5.87. The molecule has 0 aliphatic rings. The summed E-state index contributed by atoms with van der Waals surface area (Å²) in [6, 6.07) is 4.09. The first-order valence-electron chi connectivity index (χ1n) is 4.43. The monoisotopic (exact) mass is 257 g/mol. The molecule has 16 heavy (non-hydrogen) atoms. The highest BCUT2D eigenvalue weighted by atomic mass is 35.7. The molecule has 6 heteroatoms. The van der Waals surface area contributed by atoms with Gasteiger partial charge in [-0.15, -0.1) is 0 Å². The van der Waals surface area contributed by atoms with Crippen molar-refractivity contribution in [2.75, 3.05) is 0 Å². The summed E-state index contributed by atoms with van der Waals surface area (Å²) >= 11 is 0. The van der Waals surface area contributed by atoms with Crippen LogP contribution in [0.15, 0.2) is 29.3 Å². The zero-order valence-electron chi connectivity index (χ0n) is 8.31. The van der Waals surface area contributed by atoms with Gasteiger partial charge in [0.1, 0.15) is 5.75 Å². The van der Waals surface area contributed by atoms with Gasteiger partial charge in [0.05, 0.1) is 4.90 Å². The van der Waals surface area contributed by atoms with Crippen molar-refractivity contribution in [2.24, 2.45) is 0 Å². The summed E-state index contributed by atoms with van der Waals surface area (Å²) < 4.78 is 22.7. The van der Waals surface area contributed by atoms with E-state index in [4.69, 9.17) is 10.7 Å². The van der Waals surface area contributed by atoms with Gasteiger partial charge in [-0.25, -0.2) is 8.42 Å². The van der Waals surface area contributed by atoms with Crippen LogP contribution in [0.2, 0.25) is 0 Å². The molecule has 0 aliphatic carbocycles. The number of phenols is 1. The van der Waals surface area contributed by atoms with Crippen molar-refractivity contribution in [3.05, 3.63) is 30.1 Å². The van der Waals surface area contributed by atoms with Crippen LogP contribution in [0.1, 0.15) is 5.69 Å². The molecule has 2 rings (SSSR count). The molecule has 84 valence electrons. The number of benzene rings is 1. The Bertz CT molecular complexity index is 659. The Morgan fingerprint density at radius 3 is 2.62 bits per heavy atom. The third-order valence-corrected chi connectivity index (χ3v) is 3.70. The smallest absolute Gasteiger partial charge is 0.261 e. The van der Waals surface area contributed by atoms with Gasteiger partial charge in [-0.2, -0.15) is 0 Å². The third kappa shape index (κ3) is 1.72. The Morgan fingerprint density at radius 1 is 1.31 bits per heavy atom. The molecule has 1 aromatic heterocycles. The number of aryl methyl sites for hydroxylation is 1. The first-order chi connectivity index (χ1) is 7.41. The van der Waals surface area contributed by atoms with E-state index >= 15 is 0 Å². The number of aromatic hydroxyl groups is 1. The minimum Gasteiger partial charge on any atom is -0.507 e. The highest BCUT2D eigenvalue weighted by Crippen LogP contribution is 2.32. The minimum absolute atomic E-state index is 0.00957. The van der Waals surface area contributed by atoms with E-state index < -0.39 is 9.05 Å². The fourth-order valence-electron chi connectivity index (χ4n) is 1.64. The molecule has 4 nitrogen and oxygen atoms in total. The van der Waals surface area contributed by atoms with Gasteiger partial charge in [0, 0.05) is 33.3 Å². The SMILES string of the molecule is Cc1nccc2c(S(=O)(=O)Cl)ccc(O)c12. The molecular formula is C10H8ClNO3S. The molecule has 1 N–H and O–H groups in total. The normalized spacial score (nSPS) is 11.9. The van der Waals surface area contributed by atoms with Gasteiger partial charge >= 0.3 is 0 Å². The summed E-state index contributed by atoms with van der Waals surface area (Å²) in [5.74, 6) is -0.00957. The fourth-order valence-corrected chi connectivity index (χ4v) is 2.70. The van der Waals surface area contributed by atoms with E-state index in [2.05, 4.69) is 4.98 Å². The van der Waals surface area contributed by atoms with Crippen LogP contribution in [0, 0.1) is 6.92 Å². The van der Waals surface area contributed by atoms with Crippen LogP contribution in [0.5, 0.6) is 5.75 Å². The summed E-state index contributed by atoms with van der Waals surface area (Å²) in [5.41, 5.74) is 0.553. The van der Waals surface area contributed by atoms with Crippen LogP contribution < -0.4 is 0 Å². The average molecular weight is 258 g/mol. The first-order valence-corrected chi connectivity index (χ1v) is 6.74. The number of aromatic nitrogens is 1. The van der Waals surface area contributed by atoms with Gasteiger partial charge < -0.3 is 5.11 Å². The predicted molar refractivity (Wildman–Crippen MR) is 61.2 cm³/mol. The summed E-state index contributed by atoms with van der Waals surface area (Å²) in [4.78, 5) is 3.97. The number of phenolic OH excluding ortho intramolecular Hbond substituents is 1. The fraction of sp³-hybridized carbons (Fsp3) is 0.100. The first kappa shape index (κ1) is 11.2. The number of hydrogen-bond donors (Lipinski definition) is 1. The third-order valence-electron chi connectivity index (χ3n) is 2.32. The predicted octanol–water partition coefficient (Wildman–Crippen LogP) is 2.18. The van der Waals surface area contributed by atoms with Crippen molar-refractivity contribution in [1.29, 1.82) is 0 Å². The lowest BCUT2D eigenvalue weighted by Gasteiger charge is -2.06. The molecule has 0 aliphatic heterocycles. The molecule has 0 radical (unpaired) electrons. The van der Waals surface area contributed by atoms with E-state index in [1.807, 2.05) is 0 Å². The zero-order valence-corrected chi connectivity index (χ0v) is 9.88. The Balaban J connectivity index is 3.02. The quantitative estimate of drug-likeness (QED) is 0.795. The van der Waals surface area contributed by atoms with E-state index in [1.54, 1.807) is 6.92 Å². The maximum Gasteiger partial charge on any atom is 0.261 e. The lowest BCUT2D eigenvalue weighted by Crippen LogP contribution is -1.94. The summed E-state index contributed by atoms with van der Waals surface area (Å²) in [6.07, 6.45) is 1.47. The average Bonchev–Trinajstić information content (AvgIpc) is 2.16. The van der Waals surface area contributed by atoms with Crippen molar-refractivity contribution >= 4 is 30.5 Å². The summed E-state index contributed by atoms with van der Waals surface area (Å²) in [5, 5.41) is 10.4. The van der Waals surface area contributed by atoms with Gasteiger partial charge in [-0.1, -0.05) is 0 Å². The van der Waals surface area contributed by atoms with E-state index in [0.29, 0.717) is 16.5 Å². The number of nitrogens with zero attached hydrogens (tertiary/aromatic N) is 1. The highest BCUT2D eigenvalue weighted by Gasteiger charge is 2.16. The topological polar surface area (TPSA) is 67.3 Å². The van der Waals surface area contributed by atoms with E-state index in [-0.39, 0.29) is 10.6 Å². The van der Waals surface area contributed by atoms with Crippen molar-refractivity contribution < 1.29 is 13.5 Å². The van der Waals surface area contributed by atoms with Gasteiger partial charge in [0.2, 0.25) is 0 Å². The molecule has 0 fully saturated rings. The molecule has 1 heterocycles. The van der Waals surface area contributed by atoms with E-state index in [0.717, 1.165) is 0 Å². The van der Waals surface area contributed by atoms with Gasteiger partial charge in [-0.3, -0.25) is 4.98 Å². The largest absolute Gasteiger partial charge is 0.507 e. The zero-order chi connectivity index (χ0) is 11.9. The number of rotatable bonds is 1. The van der Waals surface area contributed by atoms with Crippen molar-refractivity contribution in [3.63, 3.8) is 0 Å². The van der Waals surface area contributed by atoms with Gasteiger partial charge in [-0.05, 0) is 25.1 Å². The van der Waals surface area contributed by atoms with E-state index in [9.17, 15) is 13.5 Å². The summed E-state index contributed by atoms with van der Waals surface area (Å²) in [7, 11) is 1.48. The Hall–Kier alpha value is -1.33. The Morgan fingerprint density at radius 2 is 2.00 bits per heavy atom. The van der Waals surface area contributed by atoms with Crippen LogP contribution in [-0.4, -0.2) is 18.5 Å². The lowest BCUT2D eigenvalue weighted by molar-refractivity contribution is 0.481. The number of fused-ring (bicyclic) bond motifs is 1. The van der Waals surface area contributed by atoms with Crippen LogP contribution in [0.3, 0.4) is 0 Å². The van der Waals surface area contributed by atoms with Crippen molar-refractivity contribution in [1.82, 2.24) is 4.98 Å². The summed E-state index contributed by atoms with van der Waals surface area (Å²) in [6.45, 7) is 1.69. The molecule has 0 spiro atoms. The molecule has 1 aromatic carbocycles. The van der Waals surface area contributed by atoms with Gasteiger partial charge in [0.15, 0.2) is 0 Å². The standard InChI is InChI=1S/C10H8ClNO3S/c1-6-10-7(4-5-12-6)9(16(11,14)15)3-2-8(10)13/h2-5,13H,1H3. The molecule has 0 bridgehead atoms. The van der Waals surface area contributed by atoms with Crippen LogP contribution in [0.25, 0.3) is 10.8 Å². The molecule has 0 unspecified atom stereocenters. The van der Waals surface area contributed by atoms with Gasteiger partial charge in [0.25, 0.3) is 9.05 Å². The van der Waals surface area contributed by atoms with Crippen LogP contribution >= 0.6 is 10.7 Å². The maximum atomic E-state index is 11.3. The molecule has 2 aromatic rings. The Kier molecular flexibility index (Phi) is 2.52. The second kappa shape index (κ2) is 3.61. The second-order valence-electron chi connectivity index (χ2n) is 3.34. The number of pyridine rings is 1. The Labute approximate surface area is 96.9 Å². The van der Waals surface area contributed by atoms with Crippen molar-refractivity contribution in [2.45, 2.75) is 11.8 Å². The lowest BCUT2D eigenvalue weighted by atomic mass is 10.1. The highest BCUT2D eigenvalue weighted by molar-refractivity contribution is 8.14. The van der Waals surface area contributed by atoms with Crippen LogP contribution in [-0.2, 0) is 9.05 Å². The molecule has 0 amide bonds. The molecular weight excluding hydrogens is 250 g/mol. The van der Waals surface area contributed by atoms with Crippen molar-refractivity contribution in [3.8, 4) is 5.75 Å². The number of hydrogen-bond acceptors (Lipinski definition) is 4. The molecule has 0 atom stereocenters. The number of halogens is 1. The minimum atomic E-state index is -3.83. The van der Waals surface area contributed by atoms with E-state index in [1.165, 1.54) is 24.4 Å².